The molecule has 9 nitrogen and oxygen atoms in total. The number of hydrogen-bond donors (Lipinski definition) is 0. The smallest absolute Gasteiger partial charge is 0.355 e. The molecule has 1 saturated heterocycles. The minimum absolute atomic E-state index is 0.0245. The molecule has 21 heavy (non-hydrogen) atoms. The molecule has 0 aromatic carbocycles. The summed E-state index contributed by atoms with van der Waals surface area (Å²) < 4.78 is 11.3. The zero-order valence-corrected chi connectivity index (χ0v) is 11.5. The van der Waals surface area contributed by atoms with Gasteiger partial charge in [0.2, 0.25) is 0 Å². The second-order valence-electron chi connectivity index (χ2n) is 4.52. The number of rotatable bonds is 4. The van der Waals surface area contributed by atoms with E-state index in [1.807, 2.05) is 0 Å². The standard InChI is InChI=1S/C12H15N3O6/c1-13-7-9(15(18)19)6-10(13)12(17)21-8-11(16)14-2-4-20-5-3-14/h6-7H,2-5,8H2,1H3. The van der Waals surface area contributed by atoms with Crippen LogP contribution >= 0.6 is 0 Å². The van der Waals surface area contributed by atoms with E-state index in [0.29, 0.717) is 26.3 Å². The zero-order chi connectivity index (χ0) is 15.4. The number of aryl methyl sites for hydroxylation is 1. The summed E-state index contributed by atoms with van der Waals surface area (Å²) in [5.74, 6) is -1.08. The fourth-order valence-corrected chi connectivity index (χ4v) is 1.96. The molecule has 1 aromatic heterocycles. The number of nitro groups is 1. The van der Waals surface area contributed by atoms with Gasteiger partial charge in [0.25, 0.3) is 11.6 Å². The summed E-state index contributed by atoms with van der Waals surface area (Å²) in [6.07, 6.45) is 1.21. The number of hydrogen-bond acceptors (Lipinski definition) is 6. The van der Waals surface area contributed by atoms with Crippen molar-refractivity contribution in [3.63, 3.8) is 0 Å². The Labute approximate surface area is 120 Å². The second-order valence-corrected chi connectivity index (χ2v) is 4.52. The van der Waals surface area contributed by atoms with Gasteiger partial charge in [0.1, 0.15) is 5.69 Å². The first-order valence-electron chi connectivity index (χ1n) is 6.32. The third-order valence-electron chi connectivity index (χ3n) is 3.10. The van der Waals surface area contributed by atoms with Crippen molar-refractivity contribution < 1.29 is 24.0 Å². The Morgan fingerprint density at radius 1 is 1.43 bits per heavy atom. The first-order valence-corrected chi connectivity index (χ1v) is 6.32. The van der Waals surface area contributed by atoms with E-state index in [-0.39, 0.29) is 17.3 Å². The van der Waals surface area contributed by atoms with E-state index in [2.05, 4.69) is 0 Å². The van der Waals surface area contributed by atoms with Gasteiger partial charge in [-0.1, -0.05) is 0 Å². The SMILES string of the molecule is Cn1cc([N+](=O)[O-])cc1C(=O)OCC(=O)N1CCOCC1. The summed E-state index contributed by atoms with van der Waals surface area (Å²) in [6.45, 7) is 1.46. The van der Waals surface area contributed by atoms with Gasteiger partial charge >= 0.3 is 5.97 Å². The van der Waals surface area contributed by atoms with Crippen LogP contribution in [0.5, 0.6) is 0 Å². The Hall–Kier alpha value is -2.42. The number of morpholine rings is 1. The lowest BCUT2D eigenvalue weighted by Gasteiger charge is -2.26. The van der Waals surface area contributed by atoms with Crippen molar-refractivity contribution >= 4 is 17.6 Å². The van der Waals surface area contributed by atoms with E-state index < -0.39 is 17.5 Å². The highest BCUT2D eigenvalue weighted by atomic mass is 16.6. The largest absolute Gasteiger partial charge is 0.451 e. The third kappa shape index (κ3) is 3.57. The van der Waals surface area contributed by atoms with E-state index in [0.717, 1.165) is 6.07 Å². The number of aromatic nitrogens is 1. The van der Waals surface area contributed by atoms with Crippen molar-refractivity contribution in [3.8, 4) is 0 Å². The van der Waals surface area contributed by atoms with Crippen LogP contribution in [0.4, 0.5) is 5.69 Å². The van der Waals surface area contributed by atoms with Crippen LogP contribution in [0.15, 0.2) is 12.3 Å². The van der Waals surface area contributed by atoms with Gasteiger partial charge in [-0.05, 0) is 0 Å². The molecule has 0 radical (unpaired) electrons. The number of ether oxygens (including phenoxy) is 2. The van der Waals surface area contributed by atoms with Crippen LogP contribution in [0.2, 0.25) is 0 Å². The molecular weight excluding hydrogens is 282 g/mol. The topological polar surface area (TPSA) is 104 Å². The summed E-state index contributed by atoms with van der Waals surface area (Å²) in [6, 6.07) is 1.11. The van der Waals surface area contributed by atoms with Crippen molar-refractivity contribution in [2.24, 2.45) is 7.05 Å². The molecule has 9 heteroatoms. The molecule has 0 atom stereocenters. The molecule has 0 spiro atoms. The average molecular weight is 297 g/mol. The Morgan fingerprint density at radius 3 is 2.67 bits per heavy atom. The van der Waals surface area contributed by atoms with Gasteiger partial charge in [-0.2, -0.15) is 0 Å². The minimum Gasteiger partial charge on any atom is -0.451 e. The molecule has 2 rings (SSSR count). The molecule has 0 aliphatic carbocycles. The summed E-state index contributed by atoms with van der Waals surface area (Å²) in [5, 5.41) is 10.6. The van der Waals surface area contributed by atoms with E-state index in [1.165, 1.54) is 17.8 Å². The highest BCUT2D eigenvalue weighted by Crippen LogP contribution is 2.16. The van der Waals surface area contributed by atoms with Gasteiger partial charge in [-0.3, -0.25) is 14.9 Å². The maximum Gasteiger partial charge on any atom is 0.355 e. The third-order valence-corrected chi connectivity index (χ3v) is 3.10. The van der Waals surface area contributed by atoms with Gasteiger partial charge in [0, 0.05) is 26.2 Å². The van der Waals surface area contributed by atoms with Crippen LogP contribution in [0.25, 0.3) is 0 Å². The first kappa shape index (κ1) is 15.0. The molecule has 1 aliphatic rings. The van der Waals surface area contributed by atoms with Crippen LogP contribution in [0.3, 0.4) is 0 Å². The lowest BCUT2D eigenvalue weighted by atomic mass is 10.4. The Morgan fingerprint density at radius 2 is 2.10 bits per heavy atom. The molecule has 1 aliphatic heterocycles. The maximum absolute atomic E-state index is 11.8. The highest BCUT2D eigenvalue weighted by Gasteiger charge is 2.22. The molecule has 114 valence electrons. The monoisotopic (exact) mass is 297 g/mol. The Kier molecular flexibility index (Phi) is 4.53. The van der Waals surface area contributed by atoms with Gasteiger partial charge in [-0.25, -0.2) is 4.79 Å². The minimum atomic E-state index is -0.771. The summed E-state index contributed by atoms with van der Waals surface area (Å²) >= 11 is 0. The quantitative estimate of drug-likeness (QED) is 0.438. The fourth-order valence-electron chi connectivity index (χ4n) is 1.96. The number of nitrogens with zero attached hydrogens (tertiary/aromatic N) is 3. The second kappa shape index (κ2) is 6.35. The molecule has 1 amide bonds. The normalized spacial score (nSPS) is 14.8. The molecule has 0 unspecified atom stereocenters. The molecule has 2 heterocycles. The van der Waals surface area contributed by atoms with E-state index in [9.17, 15) is 19.7 Å². The van der Waals surface area contributed by atoms with E-state index >= 15 is 0 Å². The summed E-state index contributed by atoms with van der Waals surface area (Å²) in [4.78, 5) is 35.2. The zero-order valence-electron chi connectivity index (χ0n) is 11.5. The van der Waals surface area contributed by atoms with Crippen LogP contribution in [-0.2, 0) is 21.3 Å². The summed E-state index contributed by atoms with van der Waals surface area (Å²) in [5.41, 5.74) is -0.180. The fraction of sp³-hybridized carbons (Fsp3) is 0.500. The van der Waals surface area contributed by atoms with Gasteiger partial charge in [0.05, 0.1) is 24.3 Å². The molecule has 0 bridgehead atoms. The number of carbonyl (C=O) groups excluding carboxylic acids is 2. The van der Waals surface area contributed by atoms with Gasteiger partial charge in [0.15, 0.2) is 6.61 Å². The Balaban J connectivity index is 1.92. The van der Waals surface area contributed by atoms with E-state index in [1.54, 1.807) is 4.90 Å². The molecule has 0 saturated carbocycles. The number of esters is 1. The maximum atomic E-state index is 11.8. The van der Waals surface area contributed by atoms with Crippen molar-refractivity contribution in [3.05, 3.63) is 28.1 Å². The Bertz CT molecular complexity index is 561. The van der Waals surface area contributed by atoms with Crippen LogP contribution < -0.4 is 0 Å². The number of carbonyl (C=O) groups is 2. The number of amides is 1. The predicted octanol–water partition coefficient (Wildman–Crippen LogP) is -0.0511. The molecule has 0 N–H and O–H groups in total. The summed E-state index contributed by atoms with van der Waals surface area (Å²) in [7, 11) is 1.49. The van der Waals surface area contributed by atoms with Crippen molar-refractivity contribution in [2.75, 3.05) is 32.9 Å². The van der Waals surface area contributed by atoms with Crippen molar-refractivity contribution in [1.82, 2.24) is 9.47 Å². The lowest BCUT2D eigenvalue weighted by Crippen LogP contribution is -2.42. The van der Waals surface area contributed by atoms with E-state index in [4.69, 9.17) is 9.47 Å². The van der Waals surface area contributed by atoms with Crippen LogP contribution in [-0.4, -0.2) is 59.2 Å². The highest BCUT2D eigenvalue weighted by molar-refractivity contribution is 5.90. The first-order chi connectivity index (χ1) is 9.99. The van der Waals surface area contributed by atoms with Crippen LogP contribution in [0.1, 0.15) is 10.5 Å². The predicted molar refractivity (Wildman–Crippen MR) is 69.7 cm³/mol. The van der Waals surface area contributed by atoms with Gasteiger partial charge in [-0.15, -0.1) is 0 Å². The van der Waals surface area contributed by atoms with Gasteiger partial charge < -0.3 is 18.9 Å². The van der Waals surface area contributed by atoms with Crippen LogP contribution in [0, 0.1) is 10.1 Å². The average Bonchev–Trinajstić information content (AvgIpc) is 2.87. The van der Waals surface area contributed by atoms with Crippen molar-refractivity contribution in [1.29, 1.82) is 0 Å². The molecule has 1 fully saturated rings. The molecule has 1 aromatic rings. The van der Waals surface area contributed by atoms with Crippen molar-refractivity contribution in [2.45, 2.75) is 0 Å². The lowest BCUT2D eigenvalue weighted by molar-refractivity contribution is -0.384. The molecular formula is C12H15N3O6.